The zero-order valence-electron chi connectivity index (χ0n) is 10.9. The summed E-state index contributed by atoms with van der Waals surface area (Å²) in [6.07, 6.45) is 1.97. The second kappa shape index (κ2) is 5.29. The number of ether oxygens (including phenoxy) is 1. The van der Waals surface area contributed by atoms with Crippen LogP contribution in [0.25, 0.3) is 10.9 Å². The van der Waals surface area contributed by atoms with Crippen molar-refractivity contribution in [1.82, 2.24) is 4.57 Å². The molecule has 4 heteroatoms. The van der Waals surface area contributed by atoms with Crippen molar-refractivity contribution in [2.45, 2.75) is 6.54 Å². The standard InChI is InChI=1S/C16H13BrFNO/c1-20-16-5-2-11(8-14(16)17)10-19-7-6-12-3-4-13(18)9-15(12)19/h2-9H,10H2,1H3. The Morgan fingerprint density at radius 1 is 1.15 bits per heavy atom. The average molecular weight is 334 g/mol. The Labute approximate surface area is 124 Å². The van der Waals surface area contributed by atoms with Crippen molar-refractivity contribution in [3.05, 3.63) is 64.5 Å². The predicted octanol–water partition coefficient (Wildman–Crippen LogP) is 4.60. The fourth-order valence-corrected chi connectivity index (χ4v) is 2.89. The summed E-state index contributed by atoms with van der Waals surface area (Å²) < 4.78 is 21.5. The molecule has 0 fully saturated rings. The van der Waals surface area contributed by atoms with Gasteiger partial charge in [0.1, 0.15) is 11.6 Å². The van der Waals surface area contributed by atoms with Gasteiger partial charge in [-0.05, 0) is 63.3 Å². The van der Waals surface area contributed by atoms with E-state index in [0.717, 1.165) is 26.7 Å². The molecule has 2 aromatic carbocycles. The lowest BCUT2D eigenvalue weighted by Gasteiger charge is -2.08. The lowest BCUT2D eigenvalue weighted by Crippen LogP contribution is -1.98. The Bertz CT molecular complexity index is 766. The van der Waals surface area contributed by atoms with Gasteiger partial charge >= 0.3 is 0 Å². The van der Waals surface area contributed by atoms with Crippen molar-refractivity contribution < 1.29 is 9.13 Å². The molecule has 0 bridgehead atoms. The molecule has 0 unspecified atom stereocenters. The van der Waals surface area contributed by atoms with Crippen LogP contribution in [0.15, 0.2) is 53.1 Å². The molecule has 1 heterocycles. The highest BCUT2D eigenvalue weighted by molar-refractivity contribution is 9.10. The van der Waals surface area contributed by atoms with E-state index in [1.54, 1.807) is 19.2 Å². The fourth-order valence-electron chi connectivity index (χ4n) is 2.30. The lowest BCUT2D eigenvalue weighted by atomic mass is 10.2. The van der Waals surface area contributed by atoms with Crippen LogP contribution in [0.3, 0.4) is 0 Å². The van der Waals surface area contributed by atoms with Crippen molar-refractivity contribution in [3.63, 3.8) is 0 Å². The second-order valence-electron chi connectivity index (χ2n) is 4.62. The monoisotopic (exact) mass is 333 g/mol. The maximum Gasteiger partial charge on any atom is 0.133 e. The Balaban J connectivity index is 1.97. The number of benzene rings is 2. The molecule has 0 spiro atoms. The Kier molecular flexibility index (Phi) is 3.49. The molecule has 0 atom stereocenters. The average Bonchev–Trinajstić information content (AvgIpc) is 2.82. The number of methoxy groups -OCH3 is 1. The first-order valence-corrected chi connectivity index (χ1v) is 7.03. The van der Waals surface area contributed by atoms with Crippen molar-refractivity contribution in [1.29, 1.82) is 0 Å². The summed E-state index contributed by atoms with van der Waals surface area (Å²) in [5, 5.41) is 1.04. The molecule has 3 rings (SSSR count). The highest BCUT2D eigenvalue weighted by atomic mass is 79.9. The maximum absolute atomic E-state index is 13.4. The molecule has 20 heavy (non-hydrogen) atoms. The van der Waals surface area contributed by atoms with Gasteiger partial charge in [0.05, 0.1) is 17.1 Å². The van der Waals surface area contributed by atoms with Crippen LogP contribution in [0, 0.1) is 5.82 Å². The van der Waals surface area contributed by atoms with Crippen molar-refractivity contribution in [3.8, 4) is 5.75 Å². The van der Waals surface area contributed by atoms with Gasteiger partial charge in [-0.25, -0.2) is 4.39 Å². The van der Waals surface area contributed by atoms with Crippen LogP contribution >= 0.6 is 15.9 Å². The molecule has 1 aromatic heterocycles. The molecule has 0 N–H and O–H groups in total. The minimum atomic E-state index is -0.214. The lowest BCUT2D eigenvalue weighted by molar-refractivity contribution is 0.412. The van der Waals surface area contributed by atoms with E-state index in [0.29, 0.717) is 6.54 Å². The molecule has 2 nitrogen and oxygen atoms in total. The first-order chi connectivity index (χ1) is 9.67. The molecule has 0 amide bonds. The van der Waals surface area contributed by atoms with Crippen molar-refractivity contribution >= 4 is 26.8 Å². The van der Waals surface area contributed by atoms with Gasteiger partial charge in [0.15, 0.2) is 0 Å². The van der Waals surface area contributed by atoms with Crippen LogP contribution in [-0.4, -0.2) is 11.7 Å². The Hall–Kier alpha value is -1.81. The number of hydrogen-bond acceptors (Lipinski definition) is 1. The zero-order chi connectivity index (χ0) is 14.1. The van der Waals surface area contributed by atoms with Crippen LogP contribution < -0.4 is 4.74 Å². The molecular weight excluding hydrogens is 321 g/mol. The number of hydrogen-bond donors (Lipinski definition) is 0. The first kappa shape index (κ1) is 13.2. The van der Waals surface area contributed by atoms with Crippen molar-refractivity contribution in [2.24, 2.45) is 0 Å². The molecule has 3 aromatic rings. The molecule has 0 aliphatic carbocycles. The molecule has 0 aliphatic rings. The minimum absolute atomic E-state index is 0.214. The summed E-state index contributed by atoms with van der Waals surface area (Å²) in [5.74, 6) is 0.588. The molecule has 102 valence electrons. The Morgan fingerprint density at radius 3 is 2.75 bits per heavy atom. The normalized spacial score (nSPS) is 10.9. The van der Waals surface area contributed by atoms with Crippen LogP contribution in [0.1, 0.15) is 5.56 Å². The molecular formula is C16H13BrFNO. The van der Waals surface area contributed by atoms with Crippen LogP contribution in [0.5, 0.6) is 5.75 Å². The predicted molar refractivity (Wildman–Crippen MR) is 81.7 cm³/mol. The first-order valence-electron chi connectivity index (χ1n) is 6.24. The summed E-state index contributed by atoms with van der Waals surface area (Å²) in [4.78, 5) is 0. The van der Waals surface area contributed by atoms with Crippen LogP contribution in [0.4, 0.5) is 4.39 Å². The number of fused-ring (bicyclic) bond motifs is 1. The SMILES string of the molecule is COc1ccc(Cn2ccc3ccc(F)cc32)cc1Br. The van der Waals surface area contributed by atoms with E-state index in [1.165, 1.54) is 6.07 Å². The van der Waals surface area contributed by atoms with E-state index in [1.807, 2.05) is 35.0 Å². The van der Waals surface area contributed by atoms with Gasteiger partial charge in [0, 0.05) is 12.7 Å². The quantitative estimate of drug-likeness (QED) is 0.683. The second-order valence-corrected chi connectivity index (χ2v) is 5.47. The number of nitrogens with zero attached hydrogens (tertiary/aromatic N) is 1. The van der Waals surface area contributed by atoms with Gasteiger partial charge in [-0.2, -0.15) is 0 Å². The van der Waals surface area contributed by atoms with Gasteiger partial charge in [-0.1, -0.05) is 6.07 Å². The van der Waals surface area contributed by atoms with Crippen LogP contribution in [0.2, 0.25) is 0 Å². The van der Waals surface area contributed by atoms with E-state index >= 15 is 0 Å². The zero-order valence-corrected chi connectivity index (χ0v) is 12.5. The van der Waals surface area contributed by atoms with Gasteiger partial charge in [-0.15, -0.1) is 0 Å². The van der Waals surface area contributed by atoms with Crippen LogP contribution in [-0.2, 0) is 6.54 Å². The van der Waals surface area contributed by atoms with E-state index < -0.39 is 0 Å². The molecule has 0 radical (unpaired) electrons. The van der Waals surface area contributed by atoms with Gasteiger partial charge in [-0.3, -0.25) is 0 Å². The van der Waals surface area contributed by atoms with E-state index in [-0.39, 0.29) is 5.82 Å². The highest BCUT2D eigenvalue weighted by Gasteiger charge is 2.05. The third kappa shape index (κ3) is 2.43. The third-order valence-electron chi connectivity index (χ3n) is 3.31. The summed E-state index contributed by atoms with van der Waals surface area (Å²) in [5.41, 5.74) is 2.02. The molecule has 0 aliphatic heterocycles. The van der Waals surface area contributed by atoms with Gasteiger partial charge < -0.3 is 9.30 Å². The van der Waals surface area contributed by atoms with E-state index in [9.17, 15) is 4.39 Å². The largest absolute Gasteiger partial charge is 0.496 e. The minimum Gasteiger partial charge on any atom is -0.496 e. The number of halogens is 2. The topological polar surface area (TPSA) is 14.2 Å². The van der Waals surface area contributed by atoms with Crippen molar-refractivity contribution in [2.75, 3.05) is 7.11 Å². The summed E-state index contributed by atoms with van der Waals surface area (Å²) in [7, 11) is 1.64. The molecule has 0 saturated heterocycles. The van der Waals surface area contributed by atoms with E-state index in [4.69, 9.17) is 4.74 Å². The highest BCUT2D eigenvalue weighted by Crippen LogP contribution is 2.26. The Morgan fingerprint density at radius 2 is 2.00 bits per heavy atom. The summed E-state index contributed by atoms with van der Waals surface area (Å²) in [6, 6.07) is 12.8. The fraction of sp³-hybridized carbons (Fsp3) is 0.125. The van der Waals surface area contributed by atoms with Gasteiger partial charge in [0.25, 0.3) is 0 Å². The smallest absolute Gasteiger partial charge is 0.133 e. The maximum atomic E-state index is 13.4. The van der Waals surface area contributed by atoms with Gasteiger partial charge in [0.2, 0.25) is 0 Å². The third-order valence-corrected chi connectivity index (χ3v) is 3.92. The summed E-state index contributed by atoms with van der Waals surface area (Å²) >= 11 is 3.48. The molecule has 0 saturated carbocycles. The number of aromatic nitrogens is 1. The number of rotatable bonds is 3. The van der Waals surface area contributed by atoms with E-state index in [2.05, 4.69) is 15.9 Å². The summed E-state index contributed by atoms with van der Waals surface area (Å²) in [6.45, 7) is 0.690.